The lowest BCUT2D eigenvalue weighted by molar-refractivity contribution is -0.405. The van der Waals surface area contributed by atoms with E-state index in [1.807, 2.05) is 0 Å². The van der Waals surface area contributed by atoms with Crippen molar-refractivity contribution in [3.05, 3.63) is 0 Å². The minimum Gasteiger partial charge on any atom is -0.295 e. The third kappa shape index (κ3) is 3.38. The molecular weight excluding hydrogens is 177 g/mol. The van der Waals surface area contributed by atoms with Crippen molar-refractivity contribution in [3.8, 4) is 0 Å². The molecule has 0 fully saturated rings. The fourth-order valence-electron chi connectivity index (χ4n) is 0.681. The van der Waals surface area contributed by atoms with Gasteiger partial charge in [0, 0.05) is 6.42 Å². The van der Waals surface area contributed by atoms with Crippen LogP contribution in [0.25, 0.3) is 0 Å². The fraction of sp³-hybridized carbons (Fsp3) is 1.00. The van der Waals surface area contributed by atoms with Gasteiger partial charge in [-0.1, -0.05) is 6.92 Å². The van der Waals surface area contributed by atoms with E-state index in [4.69, 9.17) is 0 Å². The Balaban J connectivity index is 4.06. The van der Waals surface area contributed by atoms with E-state index < -0.39 is 26.6 Å². The van der Waals surface area contributed by atoms with Crippen LogP contribution in [0.15, 0.2) is 0 Å². The lowest BCUT2D eigenvalue weighted by atomic mass is 10.4. The molecule has 74 valence electrons. The second-order valence-corrected chi connectivity index (χ2v) is 1.80. The molecule has 0 aliphatic carbocycles. The van der Waals surface area contributed by atoms with Crippen LogP contribution in [-0.2, 0) is 14.2 Å². The van der Waals surface area contributed by atoms with Crippen LogP contribution in [0, 0.1) is 0 Å². The number of halogens is 3. The highest BCUT2D eigenvalue weighted by Crippen LogP contribution is 2.20. The summed E-state index contributed by atoms with van der Waals surface area (Å²) in [5, 5.41) is 0. The van der Waals surface area contributed by atoms with Crippen molar-refractivity contribution in [2.75, 3.05) is 20.6 Å². The molecule has 0 aromatic rings. The zero-order valence-corrected chi connectivity index (χ0v) is 6.69. The summed E-state index contributed by atoms with van der Waals surface area (Å²) in [5.41, 5.74) is 0. The molecule has 0 saturated heterocycles. The minimum absolute atomic E-state index is 0.00917. The molecule has 0 spiro atoms. The van der Waals surface area contributed by atoms with E-state index >= 15 is 0 Å². The Hall–Kier alpha value is -0.330. The Morgan fingerprint density at radius 3 is 1.42 bits per heavy atom. The maximum atomic E-state index is 11.7. The van der Waals surface area contributed by atoms with Crippen molar-refractivity contribution in [1.29, 1.82) is 0 Å². The predicted octanol–water partition coefficient (Wildman–Crippen LogP) is 1.88. The largest absolute Gasteiger partial charge is 0.295 e. The van der Waals surface area contributed by atoms with E-state index in [-0.39, 0.29) is 6.42 Å². The van der Waals surface area contributed by atoms with E-state index in [1.165, 1.54) is 6.92 Å². The third-order valence-corrected chi connectivity index (χ3v) is 1.26. The lowest BCUT2D eigenvalue weighted by Gasteiger charge is -2.28. The Morgan fingerprint density at radius 1 is 0.917 bits per heavy atom. The van der Waals surface area contributed by atoms with E-state index in [9.17, 15) is 13.2 Å². The summed E-state index contributed by atoms with van der Waals surface area (Å²) in [7, 11) is 0. The molecule has 0 aliphatic rings. The van der Waals surface area contributed by atoms with Gasteiger partial charge >= 0.3 is 0 Å². The molecule has 0 amide bonds. The molecule has 6 heteroatoms. The van der Waals surface area contributed by atoms with Crippen LogP contribution in [0.4, 0.5) is 13.2 Å². The van der Waals surface area contributed by atoms with E-state index in [2.05, 4.69) is 14.2 Å². The quantitative estimate of drug-likeness (QED) is 0.571. The number of hydrogen-bond donors (Lipinski definition) is 0. The molecule has 12 heavy (non-hydrogen) atoms. The molecule has 0 saturated carbocycles. The number of alkyl halides is 3. The first-order valence-electron chi connectivity index (χ1n) is 3.34. The van der Waals surface area contributed by atoms with Gasteiger partial charge in [-0.3, -0.25) is 14.2 Å². The first-order chi connectivity index (χ1) is 5.74. The van der Waals surface area contributed by atoms with Crippen LogP contribution >= 0.6 is 0 Å². The normalized spacial score (nSPS) is 12.0. The second-order valence-electron chi connectivity index (χ2n) is 1.80. The second kappa shape index (κ2) is 6.22. The highest BCUT2D eigenvalue weighted by molar-refractivity contribution is 4.50. The Labute approximate surface area is 68.4 Å². The van der Waals surface area contributed by atoms with Gasteiger partial charge < -0.3 is 0 Å². The molecule has 3 nitrogen and oxygen atoms in total. The van der Waals surface area contributed by atoms with Crippen molar-refractivity contribution >= 4 is 0 Å². The minimum atomic E-state index is -1.93. The van der Waals surface area contributed by atoms with Gasteiger partial charge in [0.15, 0.2) is 20.6 Å². The summed E-state index contributed by atoms with van der Waals surface area (Å²) < 4.78 is 47.9. The molecule has 0 bridgehead atoms. The van der Waals surface area contributed by atoms with Crippen molar-refractivity contribution < 1.29 is 27.4 Å². The molecule has 0 aromatic carbocycles. The van der Waals surface area contributed by atoms with Gasteiger partial charge in [-0.2, -0.15) is 0 Å². The highest BCUT2D eigenvalue weighted by atomic mass is 19.1. The average molecular weight is 188 g/mol. The van der Waals surface area contributed by atoms with Gasteiger partial charge in [-0.05, 0) is 0 Å². The monoisotopic (exact) mass is 188 g/mol. The van der Waals surface area contributed by atoms with Crippen LogP contribution in [0.1, 0.15) is 13.3 Å². The predicted molar refractivity (Wildman–Crippen MR) is 34.2 cm³/mol. The topological polar surface area (TPSA) is 27.7 Å². The Morgan fingerprint density at radius 2 is 1.25 bits per heavy atom. The van der Waals surface area contributed by atoms with E-state index in [1.54, 1.807) is 0 Å². The zero-order chi connectivity index (χ0) is 9.45. The van der Waals surface area contributed by atoms with E-state index in [0.717, 1.165) is 0 Å². The van der Waals surface area contributed by atoms with Crippen LogP contribution in [0.5, 0.6) is 0 Å². The molecule has 0 unspecified atom stereocenters. The van der Waals surface area contributed by atoms with E-state index in [0.29, 0.717) is 0 Å². The van der Waals surface area contributed by atoms with Crippen LogP contribution in [0.3, 0.4) is 0 Å². The van der Waals surface area contributed by atoms with Crippen LogP contribution < -0.4 is 0 Å². The number of ether oxygens (including phenoxy) is 3. The SMILES string of the molecule is CCC(OCF)(OCF)OCF. The van der Waals surface area contributed by atoms with Crippen molar-refractivity contribution in [2.45, 2.75) is 19.3 Å². The van der Waals surface area contributed by atoms with Gasteiger partial charge in [0.2, 0.25) is 0 Å². The summed E-state index contributed by atoms with van der Waals surface area (Å²) in [6.07, 6.45) is -0.00917. The van der Waals surface area contributed by atoms with Gasteiger partial charge in [0.05, 0.1) is 0 Å². The van der Waals surface area contributed by atoms with Crippen LogP contribution in [-0.4, -0.2) is 26.6 Å². The summed E-state index contributed by atoms with van der Waals surface area (Å²) >= 11 is 0. The van der Waals surface area contributed by atoms with Gasteiger partial charge in [-0.25, -0.2) is 13.2 Å². The molecule has 0 aromatic heterocycles. The Bertz CT molecular complexity index is 95.2. The Kier molecular flexibility index (Phi) is 6.04. The standard InChI is InChI=1S/C6H11F3O3/c1-2-6(10-3-7,11-4-8)12-5-9/h2-5H2,1H3. The van der Waals surface area contributed by atoms with Gasteiger partial charge in [-0.15, -0.1) is 0 Å². The maximum absolute atomic E-state index is 11.7. The van der Waals surface area contributed by atoms with Gasteiger partial charge in [0.1, 0.15) is 0 Å². The average Bonchev–Trinajstić information content (AvgIpc) is 2.06. The van der Waals surface area contributed by atoms with Crippen molar-refractivity contribution in [1.82, 2.24) is 0 Å². The van der Waals surface area contributed by atoms with Crippen molar-refractivity contribution in [3.63, 3.8) is 0 Å². The molecule has 0 atom stereocenters. The number of hydrogen-bond acceptors (Lipinski definition) is 3. The van der Waals surface area contributed by atoms with Crippen molar-refractivity contribution in [2.24, 2.45) is 0 Å². The summed E-state index contributed by atoms with van der Waals surface area (Å²) in [6, 6.07) is 0. The number of rotatable bonds is 7. The fourth-order valence-corrected chi connectivity index (χ4v) is 0.681. The third-order valence-electron chi connectivity index (χ3n) is 1.26. The first kappa shape index (κ1) is 11.7. The zero-order valence-electron chi connectivity index (χ0n) is 6.69. The lowest BCUT2D eigenvalue weighted by Crippen LogP contribution is -2.38. The maximum Gasteiger partial charge on any atom is 0.289 e. The first-order valence-corrected chi connectivity index (χ1v) is 3.34. The molecular formula is C6H11F3O3. The smallest absolute Gasteiger partial charge is 0.289 e. The summed E-state index contributed by atoms with van der Waals surface area (Å²) in [5.74, 6) is -1.93. The molecule has 0 radical (unpaired) electrons. The summed E-state index contributed by atoms with van der Waals surface area (Å²) in [6.45, 7) is -2.20. The molecule has 0 aliphatic heterocycles. The summed E-state index contributed by atoms with van der Waals surface area (Å²) in [4.78, 5) is 0. The van der Waals surface area contributed by atoms with Crippen LogP contribution in [0.2, 0.25) is 0 Å². The highest BCUT2D eigenvalue weighted by Gasteiger charge is 2.31. The molecule has 0 N–H and O–H groups in total. The van der Waals surface area contributed by atoms with Gasteiger partial charge in [0.25, 0.3) is 5.97 Å². The molecule has 0 heterocycles. The molecule has 0 rings (SSSR count).